The van der Waals surface area contributed by atoms with Gasteiger partial charge >= 0.3 is 6.18 Å². The lowest BCUT2D eigenvalue weighted by Crippen LogP contribution is -2.37. The van der Waals surface area contributed by atoms with E-state index in [2.05, 4.69) is 33.4 Å². The normalized spacial score (nSPS) is 18.8. The van der Waals surface area contributed by atoms with Crippen molar-refractivity contribution in [3.05, 3.63) is 22.6 Å². The lowest BCUT2D eigenvalue weighted by atomic mass is 10.2. The van der Waals surface area contributed by atoms with Gasteiger partial charge in [-0.25, -0.2) is 4.98 Å². The first-order valence-electron chi connectivity index (χ1n) is 11.5. The topological polar surface area (TPSA) is 95.2 Å². The first-order valence-corrected chi connectivity index (χ1v) is 12.3. The zero-order valence-corrected chi connectivity index (χ0v) is 19.7. The number of thiophene rings is 1. The highest BCUT2D eigenvalue weighted by Crippen LogP contribution is 2.36. The molecule has 184 valence electrons. The van der Waals surface area contributed by atoms with Crippen LogP contribution in [0.2, 0.25) is 0 Å². The van der Waals surface area contributed by atoms with Gasteiger partial charge in [-0.1, -0.05) is 13.3 Å². The molecule has 2 aliphatic heterocycles. The molecule has 3 aromatic rings. The second-order valence-electron chi connectivity index (χ2n) is 8.65. The van der Waals surface area contributed by atoms with Gasteiger partial charge in [-0.05, 0) is 18.9 Å². The van der Waals surface area contributed by atoms with Crippen LogP contribution in [-0.2, 0) is 25.7 Å². The molecule has 1 unspecified atom stereocenters. The molecular formula is C21H27F3N8OS. The van der Waals surface area contributed by atoms with Crippen LogP contribution in [0, 0.1) is 0 Å². The maximum absolute atomic E-state index is 13.3. The van der Waals surface area contributed by atoms with Crippen LogP contribution >= 0.6 is 11.3 Å². The van der Waals surface area contributed by atoms with Crippen LogP contribution in [-0.4, -0.2) is 68.7 Å². The standard InChI is InChI=1S/C21H27F3N8OS/c1-2-3-14-10-15-17(30-7-8-32-16(12-30)28-29-19(32)21(22,23)24)26-20(27-18(15)34-14)31-6-4-13(11-31)25-5-9-33/h10,13,25,33H,2-9,11-12H2,1H3. The molecule has 1 atom stereocenters. The number of nitrogens with one attached hydrogen (secondary N) is 1. The Balaban J connectivity index is 1.48. The summed E-state index contributed by atoms with van der Waals surface area (Å²) in [6.45, 7) is 5.01. The molecule has 3 aromatic heterocycles. The molecule has 0 bridgehead atoms. The minimum atomic E-state index is -4.53. The van der Waals surface area contributed by atoms with Gasteiger partial charge < -0.3 is 24.8 Å². The highest BCUT2D eigenvalue weighted by atomic mass is 32.1. The van der Waals surface area contributed by atoms with Crippen LogP contribution in [0.1, 0.15) is 36.3 Å². The maximum Gasteiger partial charge on any atom is 0.451 e. The first-order chi connectivity index (χ1) is 16.4. The molecule has 0 aromatic carbocycles. The van der Waals surface area contributed by atoms with Crippen LogP contribution < -0.4 is 15.1 Å². The van der Waals surface area contributed by atoms with E-state index in [9.17, 15) is 13.2 Å². The van der Waals surface area contributed by atoms with E-state index in [4.69, 9.17) is 15.1 Å². The van der Waals surface area contributed by atoms with Gasteiger partial charge in [0.05, 0.1) is 18.5 Å². The van der Waals surface area contributed by atoms with Crippen molar-refractivity contribution in [2.45, 2.75) is 51.5 Å². The summed E-state index contributed by atoms with van der Waals surface area (Å²) in [5.41, 5.74) is 0. The average Bonchev–Trinajstić information content (AvgIpc) is 3.53. The summed E-state index contributed by atoms with van der Waals surface area (Å²) in [4.78, 5) is 16.0. The summed E-state index contributed by atoms with van der Waals surface area (Å²) in [7, 11) is 0. The van der Waals surface area contributed by atoms with E-state index in [1.165, 1.54) is 4.88 Å². The number of hydrogen-bond donors (Lipinski definition) is 2. The first kappa shape index (κ1) is 23.2. The lowest BCUT2D eigenvalue weighted by molar-refractivity contribution is -0.147. The Kier molecular flexibility index (Phi) is 6.34. The number of alkyl halides is 3. The molecule has 0 radical (unpaired) electrons. The van der Waals surface area contributed by atoms with Gasteiger partial charge in [-0.15, -0.1) is 21.5 Å². The number of aromatic nitrogens is 5. The second kappa shape index (κ2) is 9.27. The third kappa shape index (κ3) is 4.43. The minimum absolute atomic E-state index is 0.0914. The summed E-state index contributed by atoms with van der Waals surface area (Å²) < 4.78 is 41.0. The van der Waals surface area contributed by atoms with Crippen molar-refractivity contribution in [2.75, 3.05) is 42.6 Å². The second-order valence-corrected chi connectivity index (χ2v) is 9.76. The molecule has 34 heavy (non-hydrogen) atoms. The number of aryl methyl sites for hydroxylation is 1. The number of halogens is 3. The van der Waals surface area contributed by atoms with Crippen molar-refractivity contribution in [3.8, 4) is 0 Å². The van der Waals surface area contributed by atoms with Crippen molar-refractivity contribution >= 4 is 33.3 Å². The molecule has 0 amide bonds. The molecule has 0 aliphatic carbocycles. The minimum Gasteiger partial charge on any atom is -0.395 e. The van der Waals surface area contributed by atoms with Gasteiger partial charge in [-0.3, -0.25) is 0 Å². The molecule has 5 rings (SSSR count). The summed E-state index contributed by atoms with van der Waals surface area (Å²) in [6.07, 6.45) is -1.65. The van der Waals surface area contributed by atoms with E-state index in [0.29, 0.717) is 19.0 Å². The van der Waals surface area contributed by atoms with E-state index < -0.39 is 12.0 Å². The molecule has 5 heterocycles. The van der Waals surface area contributed by atoms with Crippen LogP contribution in [0.3, 0.4) is 0 Å². The summed E-state index contributed by atoms with van der Waals surface area (Å²) in [5.74, 6) is 0.692. The van der Waals surface area contributed by atoms with Gasteiger partial charge in [0.2, 0.25) is 11.8 Å². The molecule has 1 fully saturated rings. The average molecular weight is 497 g/mol. The number of anilines is 2. The maximum atomic E-state index is 13.3. The molecule has 2 aliphatic rings. The van der Waals surface area contributed by atoms with Crippen molar-refractivity contribution < 1.29 is 18.3 Å². The number of rotatable bonds is 7. The van der Waals surface area contributed by atoms with Crippen molar-refractivity contribution in [1.82, 2.24) is 30.0 Å². The smallest absolute Gasteiger partial charge is 0.395 e. The van der Waals surface area contributed by atoms with Crippen molar-refractivity contribution in [2.24, 2.45) is 0 Å². The monoisotopic (exact) mass is 496 g/mol. The molecule has 0 spiro atoms. The molecule has 13 heteroatoms. The van der Waals surface area contributed by atoms with Crippen LogP contribution in [0.5, 0.6) is 0 Å². The summed E-state index contributed by atoms with van der Waals surface area (Å²) in [5, 5.41) is 20.6. The highest BCUT2D eigenvalue weighted by Gasteiger charge is 2.40. The Morgan fingerprint density at radius 2 is 2.03 bits per heavy atom. The Morgan fingerprint density at radius 3 is 2.79 bits per heavy atom. The van der Waals surface area contributed by atoms with E-state index in [1.807, 2.05) is 4.90 Å². The summed E-state index contributed by atoms with van der Waals surface area (Å²) in [6, 6.07) is 2.36. The predicted molar refractivity (Wildman–Crippen MR) is 123 cm³/mol. The van der Waals surface area contributed by atoms with Crippen LogP contribution in [0.4, 0.5) is 24.9 Å². The quantitative estimate of drug-likeness (QED) is 0.515. The van der Waals surface area contributed by atoms with Gasteiger partial charge in [0.1, 0.15) is 10.6 Å². The third-order valence-corrected chi connectivity index (χ3v) is 7.32. The third-order valence-electron chi connectivity index (χ3n) is 6.23. The largest absolute Gasteiger partial charge is 0.451 e. The summed E-state index contributed by atoms with van der Waals surface area (Å²) >= 11 is 1.65. The fraction of sp³-hybridized carbons (Fsp3) is 0.619. The Bertz CT molecular complexity index is 1160. The Morgan fingerprint density at radius 1 is 1.18 bits per heavy atom. The number of nitrogens with zero attached hydrogens (tertiary/aromatic N) is 7. The van der Waals surface area contributed by atoms with E-state index in [0.717, 1.165) is 53.0 Å². The van der Waals surface area contributed by atoms with Gasteiger partial charge in [0.25, 0.3) is 0 Å². The molecule has 2 N–H and O–H groups in total. The SMILES string of the molecule is CCCc1cc2c(N3CCn4c(nnc4C(F)(F)F)C3)nc(N3CCC(NCCO)C3)nc2s1. The molecule has 0 saturated carbocycles. The number of aliphatic hydroxyl groups excluding tert-OH is 1. The molecule has 9 nitrogen and oxygen atoms in total. The Labute approximate surface area is 198 Å². The van der Waals surface area contributed by atoms with Gasteiger partial charge in [-0.2, -0.15) is 18.2 Å². The Hall–Kier alpha value is -2.51. The predicted octanol–water partition coefficient (Wildman–Crippen LogP) is 2.43. The van der Waals surface area contributed by atoms with Crippen molar-refractivity contribution in [3.63, 3.8) is 0 Å². The fourth-order valence-electron chi connectivity index (χ4n) is 4.62. The van der Waals surface area contributed by atoms with Crippen LogP contribution in [0.25, 0.3) is 10.2 Å². The zero-order chi connectivity index (χ0) is 23.9. The molecular weight excluding hydrogens is 469 g/mol. The van der Waals surface area contributed by atoms with Crippen molar-refractivity contribution in [1.29, 1.82) is 0 Å². The zero-order valence-electron chi connectivity index (χ0n) is 18.8. The number of hydrogen-bond acceptors (Lipinski definition) is 9. The van der Waals surface area contributed by atoms with E-state index >= 15 is 0 Å². The highest BCUT2D eigenvalue weighted by molar-refractivity contribution is 7.18. The van der Waals surface area contributed by atoms with E-state index in [1.54, 1.807) is 11.3 Å². The number of aliphatic hydroxyl groups is 1. The van der Waals surface area contributed by atoms with Gasteiger partial charge in [0.15, 0.2) is 5.82 Å². The van der Waals surface area contributed by atoms with Crippen LogP contribution in [0.15, 0.2) is 6.07 Å². The number of fused-ring (bicyclic) bond motifs is 2. The fourth-order valence-corrected chi connectivity index (χ4v) is 5.74. The molecule has 1 saturated heterocycles. The van der Waals surface area contributed by atoms with Gasteiger partial charge in [0, 0.05) is 43.6 Å². The lowest BCUT2D eigenvalue weighted by Gasteiger charge is -2.30. The van der Waals surface area contributed by atoms with E-state index in [-0.39, 0.29) is 31.6 Å².